The topological polar surface area (TPSA) is 99.2 Å². The monoisotopic (exact) mass is 269 g/mol. The van der Waals surface area contributed by atoms with Crippen molar-refractivity contribution in [1.82, 2.24) is 4.90 Å². The smallest absolute Gasteiger partial charge is 0.236 e. The predicted molar refractivity (Wildman–Crippen MR) is 70.7 cm³/mol. The number of piperidine rings is 1. The molecule has 1 amide bonds. The summed E-state index contributed by atoms with van der Waals surface area (Å²) in [5.41, 5.74) is 4.98. The zero-order valence-electron chi connectivity index (χ0n) is 11.2. The summed E-state index contributed by atoms with van der Waals surface area (Å²) < 4.78 is 0. The molecule has 2 aliphatic rings. The fourth-order valence-corrected chi connectivity index (χ4v) is 3.36. The van der Waals surface area contributed by atoms with Crippen LogP contribution in [0.3, 0.4) is 0 Å². The number of carbonyl (C=O) groups is 1. The Labute approximate surface area is 113 Å². The van der Waals surface area contributed by atoms with Gasteiger partial charge in [0.2, 0.25) is 5.91 Å². The van der Waals surface area contributed by atoms with Gasteiger partial charge in [-0.3, -0.25) is 4.79 Å². The summed E-state index contributed by atoms with van der Waals surface area (Å²) in [6.07, 6.45) is 5.03. The van der Waals surface area contributed by atoms with E-state index in [1.54, 1.807) is 4.90 Å². The van der Waals surface area contributed by atoms with Crippen LogP contribution in [0.25, 0.3) is 0 Å². The summed E-state index contributed by atoms with van der Waals surface area (Å²) in [7, 11) is 0. The number of hydrogen-bond donors (Lipinski definition) is 3. The van der Waals surface area contributed by atoms with Crippen LogP contribution in [0.2, 0.25) is 0 Å². The minimum absolute atomic E-state index is 0.0292. The highest BCUT2D eigenvalue weighted by atomic mass is 16.4. The Hall–Kier alpha value is -1.30. The number of amides is 1. The van der Waals surface area contributed by atoms with Crippen molar-refractivity contribution < 1.29 is 15.1 Å². The van der Waals surface area contributed by atoms with Gasteiger partial charge in [-0.2, -0.15) is 0 Å². The molecule has 1 unspecified atom stereocenters. The first-order valence-electron chi connectivity index (χ1n) is 7.02. The number of oxime groups is 1. The van der Waals surface area contributed by atoms with Crippen molar-refractivity contribution in [2.45, 2.75) is 38.5 Å². The van der Waals surface area contributed by atoms with Crippen molar-refractivity contribution in [2.24, 2.45) is 22.2 Å². The molecule has 1 saturated carbocycles. The molecule has 0 spiro atoms. The third-order valence-corrected chi connectivity index (χ3v) is 4.53. The molecule has 0 aromatic carbocycles. The largest absolute Gasteiger partial charge is 0.409 e. The van der Waals surface area contributed by atoms with E-state index in [9.17, 15) is 9.90 Å². The second-order valence-electron chi connectivity index (χ2n) is 5.72. The number of carbonyl (C=O) groups excluding carboxylic acids is 1. The molecule has 1 saturated heterocycles. The zero-order chi connectivity index (χ0) is 13.9. The van der Waals surface area contributed by atoms with Gasteiger partial charge in [0.1, 0.15) is 5.41 Å². The third kappa shape index (κ3) is 2.54. The van der Waals surface area contributed by atoms with Crippen LogP contribution in [0.15, 0.2) is 5.16 Å². The molecule has 6 heteroatoms. The molecule has 2 fully saturated rings. The van der Waals surface area contributed by atoms with Crippen molar-refractivity contribution in [2.75, 3.05) is 19.7 Å². The van der Waals surface area contributed by atoms with E-state index in [1.165, 1.54) is 0 Å². The lowest BCUT2D eigenvalue weighted by Crippen LogP contribution is -2.52. The maximum absolute atomic E-state index is 12.8. The maximum Gasteiger partial charge on any atom is 0.236 e. The SMILES string of the molecule is NC(=NO)C1(C(=O)N2CCCC(CO)C2)CCCC1. The maximum atomic E-state index is 12.8. The Balaban J connectivity index is 2.16. The highest BCUT2D eigenvalue weighted by Crippen LogP contribution is 2.40. The van der Waals surface area contributed by atoms with Gasteiger partial charge in [-0.25, -0.2) is 0 Å². The van der Waals surface area contributed by atoms with Crippen LogP contribution in [-0.2, 0) is 4.79 Å². The van der Waals surface area contributed by atoms with E-state index >= 15 is 0 Å². The highest BCUT2D eigenvalue weighted by Gasteiger charge is 2.48. The number of likely N-dealkylation sites (tertiary alicyclic amines) is 1. The Morgan fingerprint density at radius 1 is 1.37 bits per heavy atom. The lowest BCUT2D eigenvalue weighted by molar-refractivity contribution is -0.140. The molecule has 1 aliphatic heterocycles. The number of nitrogens with zero attached hydrogens (tertiary/aromatic N) is 2. The first kappa shape index (κ1) is 14.1. The van der Waals surface area contributed by atoms with E-state index in [-0.39, 0.29) is 24.3 Å². The molecule has 0 aromatic rings. The lowest BCUT2D eigenvalue weighted by atomic mass is 9.82. The van der Waals surface area contributed by atoms with Gasteiger partial charge in [0.05, 0.1) is 0 Å². The molecule has 6 nitrogen and oxygen atoms in total. The van der Waals surface area contributed by atoms with Gasteiger partial charge in [0, 0.05) is 19.7 Å². The summed E-state index contributed by atoms with van der Waals surface area (Å²) >= 11 is 0. The quantitative estimate of drug-likeness (QED) is 0.301. The number of amidine groups is 1. The minimum atomic E-state index is -0.813. The van der Waals surface area contributed by atoms with Crippen molar-refractivity contribution in [3.8, 4) is 0 Å². The fraction of sp³-hybridized carbons (Fsp3) is 0.846. The van der Waals surface area contributed by atoms with Gasteiger partial charge in [0.25, 0.3) is 0 Å². The Kier molecular flexibility index (Phi) is 4.29. The molecule has 108 valence electrons. The van der Waals surface area contributed by atoms with Crippen molar-refractivity contribution in [3.05, 3.63) is 0 Å². The van der Waals surface area contributed by atoms with E-state index in [0.29, 0.717) is 25.9 Å². The molecule has 19 heavy (non-hydrogen) atoms. The normalized spacial score (nSPS) is 27.5. The van der Waals surface area contributed by atoms with Crippen LogP contribution >= 0.6 is 0 Å². The van der Waals surface area contributed by atoms with Crippen LogP contribution in [0.4, 0.5) is 0 Å². The average molecular weight is 269 g/mol. The summed E-state index contributed by atoms with van der Waals surface area (Å²) in [6.45, 7) is 1.39. The minimum Gasteiger partial charge on any atom is -0.409 e. The van der Waals surface area contributed by atoms with Crippen LogP contribution in [0.5, 0.6) is 0 Å². The first-order valence-corrected chi connectivity index (χ1v) is 7.02. The van der Waals surface area contributed by atoms with Gasteiger partial charge in [-0.1, -0.05) is 18.0 Å². The summed E-state index contributed by atoms with van der Waals surface area (Å²) in [5, 5.41) is 21.3. The molecule has 2 rings (SSSR count). The molecule has 1 heterocycles. The van der Waals surface area contributed by atoms with Crippen molar-refractivity contribution in [3.63, 3.8) is 0 Å². The number of aliphatic hydroxyl groups excluding tert-OH is 1. The van der Waals surface area contributed by atoms with Gasteiger partial charge in [-0.05, 0) is 31.6 Å². The van der Waals surface area contributed by atoms with E-state index in [0.717, 1.165) is 25.7 Å². The summed E-state index contributed by atoms with van der Waals surface area (Å²) in [4.78, 5) is 14.5. The molecule has 0 aromatic heterocycles. The number of aliphatic hydroxyl groups is 1. The third-order valence-electron chi connectivity index (χ3n) is 4.53. The molecule has 0 radical (unpaired) electrons. The lowest BCUT2D eigenvalue weighted by Gasteiger charge is -2.38. The van der Waals surface area contributed by atoms with Crippen molar-refractivity contribution in [1.29, 1.82) is 0 Å². The van der Waals surface area contributed by atoms with E-state index in [1.807, 2.05) is 0 Å². The van der Waals surface area contributed by atoms with Gasteiger partial charge < -0.3 is 20.9 Å². The molecule has 1 atom stereocenters. The van der Waals surface area contributed by atoms with Crippen LogP contribution in [0.1, 0.15) is 38.5 Å². The number of hydrogen-bond acceptors (Lipinski definition) is 4. The van der Waals surface area contributed by atoms with Crippen molar-refractivity contribution >= 4 is 11.7 Å². The molecule has 0 bridgehead atoms. The predicted octanol–water partition coefficient (Wildman–Crippen LogP) is 0.524. The molecule has 4 N–H and O–H groups in total. The Morgan fingerprint density at radius 2 is 2.05 bits per heavy atom. The van der Waals surface area contributed by atoms with E-state index < -0.39 is 5.41 Å². The standard InChI is InChI=1S/C13H23N3O3/c14-11(15-19)13(5-1-2-6-13)12(18)16-7-3-4-10(8-16)9-17/h10,17,19H,1-9H2,(H2,14,15). The highest BCUT2D eigenvalue weighted by molar-refractivity contribution is 6.07. The Bertz CT molecular complexity index is 364. The van der Waals surface area contributed by atoms with E-state index in [4.69, 9.17) is 10.9 Å². The molecular weight excluding hydrogens is 246 g/mol. The van der Waals surface area contributed by atoms with Crippen LogP contribution in [0, 0.1) is 11.3 Å². The number of nitrogens with two attached hydrogens (primary N) is 1. The van der Waals surface area contributed by atoms with Crippen LogP contribution in [-0.4, -0.2) is 46.7 Å². The van der Waals surface area contributed by atoms with Crippen LogP contribution < -0.4 is 5.73 Å². The van der Waals surface area contributed by atoms with Gasteiger partial charge in [-0.15, -0.1) is 0 Å². The first-order chi connectivity index (χ1) is 9.14. The molecular formula is C13H23N3O3. The Morgan fingerprint density at radius 3 is 2.63 bits per heavy atom. The average Bonchev–Trinajstić information content (AvgIpc) is 2.96. The number of rotatable bonds is 3. The zero-order valence-corrected chi connectivity index (χ0v) is 11.2. The summed E-state index contributed by atoms with van der Waals surface area (Å²) in [5.74, 6) is 0.169. The second kappa shape index (κ2) is 5.77. The van der Waals surface area contributed by atoms with Gasteiger partial charge >= 0.3 is 0 Å². The van der Waals surface area contributed by atoms with Gasteiger partial charge in [0.15, 0.2) is 5.84 Å². The fourth-order valence-electron chi connectivity index (χ4n) is 3.36. The molecule has 1 aliphatic carbocycles. The second-order valence-corrected chi connectivity index (χ2v) is 5.72. The summed E-state index contributed by atoms with van der Waals surface area (Å²) in [6, 6.07) is 0. The van der Waals surface area contributed by atoms with E-state index in [2.05, 4.69) is 5.16 Å².